The van der Waals surface area contributed by atoms with Crippen molar-refractivity contribution in [3.05, 3.63) is 290 Å². The van der Waals surface area contributed by atoms with E-state index in [2.05, 4.69) is 24.8 Å². The number of nitrogens with zero attached hydrogens (tertiary/aromatic N) is 1. The molecule has 0 atom stereocenters. The van der Waals surface area contributed by atoms with Crippen molar-refractivity contribution in [2.45, 2.75) is 160 Å². The molecule has 0 unspecified atom stereocenters. The van der Waals surface area contributed by atoms with Crippen molar-refractivity contribution in [2.75, 3.05) is 63.2 Å². The van der Waals surface area contributed by atoms with Gasteiger partial charge in [0.25, 0.3) is 11.8 Å². The summed E-state index contributed by atoms with van der Waals surface area (Å²) < 4.78 is 12.9. The molecule has 0 fully saturated rings. The van der Waals surface area contributed by atoms with Gasteiger partial charge in [0.05, 0.1) is 18.2 Å². The van der Waals surface area contributed by atoms with Gasteiger partial charge < -0.3 is 24.8 Å². The first-order valence-corrected chi connectivity index (χ1v) is 32.6. The number of methoxy groups -OCH3 is 3. The monoisotopic (exact) mass is 1310 g/mol. The molecule has 0 radical (unpaired) electrons. The lowest BCUT2D eigenvalue weighted by atomic mass is 10.1. The van der Waals surface area contributed by atoms with Gasteiger partial charge in [-0.1, -0.05) is 406 Å². The summed E-state index contributed by atoms with van der Waals surface area (Å²) in [4.78, 5) is 43.0. The Morgan fingerprint density at radius 2 is 0.426 bits per heavy atom. The second-order valence-corrected chi connectivity index (χ2v) is 13.8. The van der Waals surface area contributed by atoms with Crippen LogP contribution in [-0.4, -0.2) is 91.8 Å². The number of esters is 1. The molecule has 3 amide bonds. The Balaban J connectivity index is -0.0000000547. The summed E-state index contributed by atoms with van der Waals surface area (Å²) in [6.45, 7) is 41.6. The van der Waals surface area contributed by atoms with Crippen LogP contribution in [0.15, 0.2) is 279 Å². The molecular weight excluding hydrogens is 1160 g/mol. The van der Waals surface area contributed by atoms with E-state index in [0.29, 0.717) is 11.1 Å². The van der Waals surface area contributed by atoms with Crippen LogP contribution in [0.4, 0.5) is 0 Å². The quantitative estimate of drug-likeness (QED) is 0.123. The van der Waals surface area contributed by atoms with Crippen LogP contribution < -0.4 is 10.6 Å². The third kappa shape index (κ3) is 133. The number of carbonyl (C=O) groups excluding carboxylic acids is 4. The van der Waals surface area contributed by atoms with Crippen molar-refractivity contribution in [1.29, 1.82) is 0 Å². The minimum atomic E-state index is -0.245. The Bertz CT molecular complexity index is 1720. The maximum atomic E-state index is 11.3. The molecular formula is C84H145N3O7. The third-order valence-corrected chi connectivity index (χ3v) is 7.59. The molecule has 0 spiro atoms. The number of hydrogen-bond donors (Lipinski definition) is 2. The smallest absolute Gasteiger partial charge is 0.302 e. The van der Waals surface area contributed by atoms with E-state index in [0.717, 1.165) is 11.5 Å². The standard InChI is InChI=1S/C9H7NO2.7C6H6.C3H7NO.C3H6O2.C3H8O.C2H7N.C2H6O.9C2H6.2CH4/c1-10-8(11)6-4-2-3-5-7(6)9(10)12;7*1-2-4-6-5-3-1;1-3(5)4-2;1-3(4)5-2;1-3-4-2;2*1-3-2;9*1-2;;/h2-5H,1H3;7*1-6H;1-2H3,(H,4,5);1-2H3;3H2,1-2H3;3H,1-2H3;1-2H3;9*1-2H3;2*1H4. The summed E-state index contributed by atoms with van der Waals surface area (Å²) in [7, 11) is 13.1. The highest BCUT2D eigenvalue weighted by molar-refractivity contribution is 6.21. The summed E-state index contributed by atoms with van der Waals surface area (Å²) in [5.74, 6) is -0.666. The van der Waals surface area contributed by atoms with Crippen LogP contribution in [0.3, 0.4) is 0 Å². The number of fused-ring (bicyclic) bond motifs is 1. The predicted molar refractivity (Wildman–Crippen MR) is 426 cm³/mol. The Morgan fingerprint density at radius 1 is 0.330 bits per heavy atom. The third-order valence-electron chi connectivity index (χ3n) is 7.59. The average molecular weight is 1310 g/mol. The number of nitrogens with one attached hydrogen (secondary N) is 2. The number of ether oxygens (including phenoxy) is 3. The Labute approximate surface area is 583 Å². The highest BCUT2D eigenvalue weighted by Crippen LogP contribution is 2.20. The molecule has 8 aromatic rings. The van der Waals surface area contributed by atoms with Gasteiger partial charge in [-0.2, -0.15) is 0 Å². The first kappa shape index (κ1) is 123. The molecule has 1 aliphatic heterocycles. The number of benzene rings is 8. The van der Waals surface area contributed by atoms with Gasteiger partial charge in [0.2, 0.25) is 5.91 Å². The van der Waals surface area contributed by atoms with Crippen LogP contribution in [0.1, 0.15) is 181 Å². The lowest BCUT2D eigenvalue weighted by Gasteiger charge is -2.02. The zero-order valence-electron chi connectivity index (χ0n) is 63.6. The van der Waals surface area contributed by atoms with Crippen LogP contribution in [-0.2, 0) is 23.8 Å². The van der Waals surface area contributed by atoms with E-state index in [4.69, 9.17) is 0 Å². The van der Waals surface area contributed by atoms with Crippen LogP contribution in [0.2, 0.25) is 0 Å². The van der Waals surface area contributed by atoms with E-state index >= 15 is 0 Å². The first-order valence-electron chi connectivity index (χ1n) is 32.6. The summed E-state index contributed by atoms with van der Waals surface area (Å²) in [5.41, 5.74) is 1.01. The molecule has 1 aliphatic rings. The molecule has 0 aromatic heterocycles. The van der Waals surface area contributed by atoms with Gasteiger partial charge in [-0.25, -0.2) is 0 Å². The number of hydrogen-bond acceptors (Lipinski definition) is 8. The topological polar surface area (TPSA) is 123 Å². The van der Waals surface area contributed by atoms with Crippen LogP contribution >= 0.6 is 0 Å². The van der Waals surface area contributed by atoms with E-state index in [1.807, 2.05) is 400 Å². The molecule has 0 bridgehead atoms. The fraction of sp³-hybridized carbons (Fsp3) is 0.381. The maximum Gasteiger partial charge on any atom is 0.302 e. The normalized spacial score (nSPS) is 7.52. The Hall–Kier alpha value is -8.28. The SMILES string of the molecule is C.C.CC.CC.CC.CC.CC.CC.CC.CC.CC.CCOC.CN1C(=O)c2ccccc2C1=O.CNC.CNC(C)=O.COC.COC(C)=O.c1ccccc1.c1ccccc1.c1ccccc1.c1ccccc1.c1ccccc1.c1ccccc1.c1ccccc1. The average Bonchev–Trinajstić information content (AvgIpc) is 1.66. The molecule has 10 heteroatoms. The Kier molecular flexibility index (Phi) is 186. The summed E-state index contributed by atoms with van der Waals surface area (Å²) in [6, 6.07) is 90.8. The largest absolute Gasteiger partial charge is 0.469 e. The number of amides is 3. The number of imide groups is 1. The van der Waals surface area contributed by atoms with Crippen molar-refractivity contribution < 1.29 is 33.4 Å². The molecule has 9 rings (SSSR count). The van der Waals surface area contributed by atoms with Crippen molar-refractivity contribution >= 4 is 23.7 Å². The first-order chi connectivity index (χ1) is 45.0. The van der Waals surface area contributed by atoms with Crippen LogP contribution in [0.5, 0.6) is 0 Å². The van der Waals surface area contributed by atoms with Crippen LogP contribution in [0.25, 0.3) is 0 Å². The number of rotatable bonds is 1. The molecule has 94 heavy (non-hydrogen) atoms. The fourth-order valence-electron chi connectivity index (χ4n) is 4.00. The molecule has 8 aromatic carbocycles. The molecule has 0 saturated carbocycles. The van der Waals surface area contributed by atoms with Gasteiger partial charge in [-0.15, -0.1) is 0 Å². The molecule has 10 nitrogen and oxygen atoms in total. The number of carbonyl (C=O) groups is 4. The van der Waals surface area contributed by atoms with Gasteiger partial charge in [0.15, 0.2) is 0 Å². The second kappa shape index (κ2) is 142. The van der Waals surface area contributed by atoms with Gasteiger partial charge in [0.1, 0.15) is 0 Å². The van der Waals surface area contributed by atoms with Gasteiger partial charge >= 0.3 is 5.97 Å². The molecule has 2 N–H and O–H groups in total. The zero-order chi connectivity index (χ0) is 73.8. The fourth-order valence-corrected chi connectivity index (χ4v) is 4.00. The van der Waals surface area contributed by atoms with Gasteiger partial charge in [-0.3, -0.25) is 24.1 Å². The maximum absolute atomic E-state index is 11.3. The molecule has 1 heterocycles. The van der Waals surface area contributed by atoms with Crippen molar-refractivity contribution in [3.63, 3.8) is 0 Å². The van der Waals surface area contributed by atoms with E-state index in [1.165, 1.54) is 28.0 Å². The predicted octanol–water partition coefficient (Wildman–Crippen LogP) is 23.9. The Morgan fingerprint density at radius 3 is 0.489 bits per heavy atom. The summed E-state index contributed by atoms with van der Waals surface area (Å²) in [6.07, 6.45) is 0. The van der Waals surface area contributed by atoms with E-state index in [1.54, 1.807) is 52.6 Å². The minimum absolute atomic E-state index is 0. The summed E-state index contributed by atoms with van der Waals surface area (Å²) >= 11 is 0. The summed E-state index contributed by atoms with van der Waals surface area (Å²) in [5, 5.41) is 5.14. The van der Waals surface area contributed by atoms with E-state index in [-0.39, 0.29) is 38.5 Å². The van der Waals surface area contributed by atoms with E-state index < -0.39 is 0 Å². The van der Waals surface area contributed by atoms with Crippen molar-refractivity contribution in [2.24, 2.45) is 0 Å². The highest BCUT2D eigenvalue weighted by atomic mass is 16.5. The minimum Gasteiger partial charge on any atom is -0.469 e. The van der Waals surface area contributed by atoms with Gasteiger partial charge in [-0.05, 0) is 33.2 Å². The van der Waals surface area contributed by atoms with E-state index in [9.17, 15) is 19.2 Å². The molecule has 538 valence electrons. The molecule has 0 saturated heterocycles. The molecule has 0 aliphatic carbocycles. The van der Waals surface area contributed by atoms with Crippen LogP contribution in [0, 0.1) is 0 Å². The van der Waals surface area contributed by atoms with Crippen molar-refractivity contribution in [3.8, 4) is 0 Å². The highest BCUT2D eigenvalue weighted by Gasteiger charge is 2.31. The zero-order valence-corrected chi connectivity index (χ0v) is 63.6. The second-order valence-electron chi connectivity index (χ2n) is 13.8. The lowest BCUT2D eigenvalue weighted by molar-refractivity contribution is -0.138. The lowest BCUT2D eigenvalue weighted by Crippen LogP contribution is -2.24. The van der Waals surface area contributed by atoms with Gasteiger partial charge in [0, 0.05) is 55.9 Å². The van der Waals surface area contributed by atoms with Crippen molar-refractivity contribution in [1.82, 2.24) is 15.5 Å².